The van der Waals surface area contributed by atoms with Gasteiger partial charge in [0.25, 0.3) is 0 Å². The molecule has 3 nitrogen and oxygen atoms in total. The van der Waals surface area contributed by atoms with Crippen LogP contribution < -0.4 is 0 Å². The van der Waals surface area contributed by atoms with Crippen LogP contribution in [-0.2, 0) is 11.2 Å². The Morgan fingerprint density at radius 2 is 2.26 bits per heavy atom. The van der Waals surface area contributed by atoms with Gasteiger partial charge in [0.05, 0.1) is 23.7 Å². The van der Waals surface area contributed by atoms with Crippen molar-refractivity contribution in [1.82, 2.24) is 9.55 Å². The van der Waals surface area contributed by atoms with Crippen LogP contribution in [0.3, 0.4) is 0 Å². The summed E-state index contributed by atoms with van der Waals surface area (Å²) < 4.78 is 8.83. The maximum absolute atomic E-state index is 5.91. The number of nitrogens with zero attached hydrogens (tertiary/aromatic N) is 2. The van der Waals surface area contributed by atoms with Gasteiger partial charge >= 0.3 is 0 Å². The van der Waals surface area contributed by atoms with E-state index in [0.717, 1.165) is 24.2 Å². The molecule has 0 aliphatic rings. The molecule has 0 fully saturated rings. The molecular weight excluding hydrogens is 375 g/mol. The Morgan fingerprint density at radius 3 is 2.89 bits per heavy atom. The molecule has 0 saturated heterocycles. The van der Waals surface area contributed by atoms with Crippen LogP contribution in [0, 0.1) is 3.57 Å². The maximum Gasteiger partial charge on any atom is 0.111 e. The van der Waals surface area contributed by atoms with E-state index in [0.29, 0.717) is 18.5 Å². The first-order valence-electron chi connectivity index (χ1n) is 6.42. The fourth-order valence-electron chi connectivity index (χ4n) is 2.36. The van der Waals surface area contributed by atoms with Crippen LogP contribution in [-0.4, -0.2) is 29.1 Å². The molecular formula is C14H18ClIN2O. The van der Waals surface area contributed by atoms with Crippen LogP contribution in [0.4, 0.5) is 0 Å². The largest absolute Gasteiger partial charge is 0.383 e. The average molecular weight is 393 g/mol. The van der Waals surface area contributed by atoms with Gasteiger partial charge in [0, 0.05) is 23.0 Å². The lowest BCUT2D eigenvalue weighted by Crippen LogP contribution is -2.16. The number of alkyl halides is 1. The number of methoxy groups -OCH3 is 1. The second kappa shape index (κ2) is 6.90. The zero-order valence-electron chi connectivity index (χ0n) is 11.2. The van der Waals surface area contributed by atoms with Gasteiger partial charge in [-0.25, -0.2) is 4.98 Å². The third kappa shape index (κ3) is 3.23. The minimum atomic E-state index is 0.313. The molecule has 1 atom stereocenters. The third-order valence-corrected chi connectivity index (χ3v) is 4.10. The summed E-state index contributed by atoms with van der Waals surface area (Å²) in [5.41, 5.74) is 2.21. The predicted octanol–water partition coefficient (Wildman–Crippen LogP) is 4.02. The highest BCUT2D eigenvalue weighted by Crippen LogP contribution is 2.25. The highest BCUT2D eigenvalue weighted by molar-refractivity contribution is 14.1. The summed E-state index contributed by atoms with van der Waals surface area (Å²) in [6, 6.07) is 6.68. The molecule has 2 rings (SSSR count). The molecule has 0 amide bonds. The van der Waals surface area contributed by atoms with Crippen LogP contribution >= 0.6 is 34.2 Å². The van der Waals surface area contributed by atoms with Crippen molar-refractivity contribution >= 4 is 45.2 Å². The molecule has 0 aliphatic carbocycles. The van der Waals surface area contributed by atoms with Crippen molar-refractivity contribution in [1.29, 1.82) is 0 Å². The van der Waals surface area contributed by atoms with E-state index in [2.05, 4.69) is 52.3 Å². The summed E-state index contributed by atoms with van der Waals surface area (Å²) in [5, 5.41) is 0. The Bertz CT molecular complexity index is 556. The van der Waals surface area contributed by atoms with Crippen molar-refractivity contribution in [3.05, 3.63) is 27.6 Å². The van der Waals surface area contributed by atoms with Gasteiger partial charge in [0.2, 0.25) is 0 Å². The predicted molar refractivity (Wildman–Crippen MR) is 88.1 cm³/mol. The number of ether oxygens (including phenoxy) is 1. The average Bonchev–Trinajstić information content (AvgIpc) is 2.73. The molecule has 0 spiro atoms. The summed E-state index contributed by atoms with van der Waals surface area (Å²) in [4.78, 5) is 4.73. The quantitative estimate of drug-likeness (QED) is 0.548. The second-order valence-corrected chi connectivity index (χ2v) is 6.11. The van der Waals surface area contributed by atoms with Crippen molar-refractivity contribution in [3.8, 4) is 0 Å². The SMILES string of the molecule is CCC(COC)n1c(CCCl)nc2cc(I)ccc21. The number of imidazole rings is 1. The Labute approximate surface area is 132 Å². The van der Waals surface area contributed by atoms with Crippen LogP contribution in [0.15, 0.2) is 18.2 Å². The molecule has 104 valence electrons. The molecule has 0 saturated carbocycles. The number of hydrogen-bond donors (Lipinski definition) is 0. The molecule has 2 aromatic rings. The smallest absolute Gasteiger partial charge is 0.111 e. The van der Waals surface area contributed by atoms with Gasteiger partial charge in [-0.15, -0.1) is 11.6 Å². The number of rotatable bonds is 6. The number of aryl methyl sites for hydroxylation is 1. The first-order valence-corrected chi connectivity index (χ1v) is 8.03. The monoisotopic (exact) mass is 392 g/mol. The van der Waals surface area contributed by atoms with E-state index in [4.69, 9.17) is 21.3 Å². The zero-order chi connectivity index (χ0) is 13.8. The molecule has 0 N–H and O–H groups in total. The Balaban J connectivity index is 2.56. The van der Waals surface area contributed by atoms with Crippen molar-refractivity contribution in [2.45, 2.75) is 25.8 Å². The minimum absolute atomic E-state index is 0.313. The number of halogens is 2. The molecule has 1 unspecified atom stereocenters. The lowest BCUT2D eigenvalue weighted by atomic mass is 10.2. The Morgan fingerprint density at radius 1 is 1.47 bits per heavy atom. The van der Waals surface area contributed by atoms with E-state index in [1.807, 2.05) is 0 Å². The Hall–Kier alpha value is -0.330. The fourth-order valence-corrected chi connectivity index (χ4v) is 3.00. The van der Waals surface area contributed by atoms with Gasteiger partial charge in [0.1, 0.15) is 5.82 Å². The number of aromatic nitrogens is 2. The molecule has 5 heteroatoms. The highest BCUT2D eigenvalue weighted by Gasteiger charge is 2.17. The van der Waals surface area contributed by atoms with Gasteiger partial charge in [-0.3, -0.25) is 0 Å². The standard InChI is InChI=1S/C14H18ClIN2O/c1-3-11(9-19-2)18-13-5-4-10(16)8-12(13)17-14(18)6-7-15/h4-5,8,11H,3,6-7,9H2,1-2H3. The molecule has 1 aromatic carbocycles. The van der Waals surface area contributed by atoms with E-state index < -0.39 is 0 Å². The van der Waals surface area contributed by atoms with E-state index in [1.54, 1.807) is 7.11 Å². The van der Waals surface area contributed by atoms with Crippen molar-refractivity contribution in [2.75, 3.05) is 19.6 Å². The number of fused-ring (bicyclic) bond motifs is 1. The van der Waals surface area contributed by atoms with Gasteiger partial charge in [-0.05, 0) is 47.2 Å². The normalized spacial score (nSPS) is 13.1. The fraction of sp³-hybridized carbons (Fsp3) is 0.500. The molecule has 1 aromatic heterocycles. The zero-order valence-corrected chi connectivity index (χ0v) is 14.1. The third-order valence-electron chi connectivity index (χ3n) is 3.24. The van der Waals surface area contributed by atoms with E-state index in [9.17, 15) is 0 Å². The minimum Gasteiger partial charge on any atom is -0.383 e. The van der Waals surface area contributed by atoms with Crippen molar-refractivity contribution in [3.63, 3.8) is 0 Å². The second-order valence-electron chi connectivity index (χ2n) is 4.49. The number of benzene rings is 1. The molecule has 1 heterocycles. The topological polar surface area (TPSA) is 27.1 Å². The lowest BCUT2D eigenvalue weighted by Gasteiger charge is -2.19. The van der Waals surface area contributed by atoms with Crippen LogP contribution in [0.2, 0.25) is 0 Å². The van der Waals surface area contributed by atoms with Crippen LogP contribution in [0.25, 0.3) is 11.0 Å². The lowest BCUT2D eigenvalue weighted by molar-refractivity contribution is 0.153. The molecule has 0 bridgehead atoms. The van der Waals surface area contributed by atoms with E-state index in [1.165, 1.54) is 9.09 Å². The van der Waals surface area contributed by atoms with Crippen molar-refractivity contribution in [2.24, 2.45) is 0 Å². The molecule has 0 radical (unpaired) electrons. The van der Waals surface area contributed by atoms with Crippen LogP contribution in [0.1, 0.15) is 25.2 Å². The summed E-state index contributed by atoms with van der Waals surface area (Å²) in [5.74, 6) is 1.64. The molecule has 19 heavy (non-hydrogen) atoms. The first kappa shape index (κ1) is 15.1. The summed E-state index contributed by atoms with van der Waals surface area (Å²) in [6.07, 6.45) is 1.80. The molecule has 0 aliphatic heterocycles. The van der Waals surface area contributed by atoms with Gasteiger partial charge in [-0.2, -0.15) is 0 Å². The first-order chi connectivity index (χ1) is 9.21. The summed E-state index contributed by atoms with van der Waals surface area (Å²) in [6.45, 7) is 2.87. The van der Waals surface area contributed by atoms with Gasteiger partial charge < -0.3 is 9.30 Å². The van der Waals surface area contributed by atoms with Gasteiger partial charge in [-0.1, -0.05) is 6.92 Å². The number of hydrogen-bond acceptors (Lipinski definition) is 2. The van der Waals surface area contributed by atoms with Gasteiger partial charge in [0.15, 0.2) is 0 Å². The maximum atomic E-state index is 5.91. The highest BCUT2D eigenvalue weighted by atomic mass is 127. The summed E-state index contributed by atoms with van der Waals surface area (Å²) >= 11 is 8.22. The van der Waals surface area contributed by atoms with E-state index in [-0.39, 0.29) is 0 Å². The van der Waals surface area contributed by atoms with Crippen molar-refractivity contribution < 1.29 is 4.74 Å². The van der Waals surface area contributed by atoms with Crippen LogP contribution in [0.5, 0.6) is 0 Å². The summed E-state index contributed by atoms with van der Waals surface area (Å²) in [7, 11) is 1.74. The van der Waals surface area contributed by atoms with E-state index >= 15 is 0 Å². The Kier molecular flexibility index (Phi) is 5.47.